The Kier molecular flexibility index (Phi) is 5.78. The van der Waals surface area contributed by atoms with Crippen LogP contribution in [0.4, 0.5) is 4.79 Å². The Hall–Kier alpha value is -2.90. The maximum Gasteiger partial charge on any atom is 0.407 e. The van der Waals surface area contributed by atoms with Crippen molar-refractivity contribution < 1.29 is 28.9 Å². The molecule has 152 valence electrons. The van der Waals surface area contributed by atoms with Crippen LogP contribution in [0.5, 0.6) is 0 Å². The van der Waals surface area contributed by atoms with Crippen molar-refractivity contribution in [2.45, 2.75) is 24.5 Å². The highest BCUT2D eigenvalue weighted by Crippen LogP contribution is 2.44. The van der Waals surface area contributed by atoms with Crippen molar-refractivity contribution in [3.63, 3.8) is 0 Å². The van der Waals surface area contributed by atoms with E-state index in [1.165, 1.54) is 0 Å². The van der Waals surface area contributed by atoms with Gasteiger partial charge in [-0.05, 0) is 22.3 Å². The van der Waals surface area contributed by atoms with Crippen molar-refractivity contribution in [1.82, 2.24) is 5.32 Å². The van der Waals surface area contributed by atoms with Crippen molar-refractivity contribution in [2.24, 2.45) is 0 Å². The minimum atomic E-state index is -1.13. The molecule has 0 aromatic heterocycles. The predicted octanol–water partition coefficient (Wildman–Crippen LogP) is 2.78. The molecule has 0 bridgehead atoms. The van der Waals surface area contributed by atoms with Crippen LogP contribution in [0.2, 0.25) is 0 Å². The first-order chi connectivity index (χ1) is 14.1. The van der Waals surface area contributed by atoms with Gasteiger partial charge in [-0.25, -0.2) is 9.59 Å². The molecule has 2 aliphatic rings. The molecule has 7 heteroatoms. The SMILES string of the molecule is O=C(NC(CC1COCCO1)C(=O)O)OCC1c2ccccc2-c2ccccc21. The smallest absolute Gasteiger partial charge is 0.407 e. The fourth-order valence-electron chi connectivity index (χ4n) is 3.94. The maximum absolute atomic E-state index is 12.3. The lowest BCUT2D eigenvalue weighted by atomic mass is 9.98. The number of rotatable bonds is 6. The van der Waals surface area contributed by atoms with E-state index in [1.54, 1.807) is 0 Å². The van der Waals surface area contributed by atoms with E-state index in [4.69, 9.17) is 14.2 Å². The number of alkyl carbamates (subject to hydrolysis) is 1. The summed E-state index contributed by atoms with van der Waals surface area (Å²) in [4.78, 5) is 23.8. The highest BCUT2D eigenvalue weighted by atomic mass is 16.6. The fourth-order valence-corrected chi connectivity index (χ4v) is 3.94. The highest BCUT2D eigenvalue weighted by Gasteiger charge is 2.30. The number of ether oxygens (including phenoxy) is 3. The summed E-state index contributed by atoms with van der Waals surface area (Å²) < 4.78 is 16.2. The van der Waals surface area contributed by atoms with E-state index in [1.807, 2.05) is 36.4 Å². The van der Waals surface area contributed by atoms with Crippen molar-refractivity contribution in [2.75, 3.05) is 26.4 Å². The van der Waals surface area contributed by atoms with Gasteiger partial charge >= 0.3 is 12.1 Å². The summed E-state index contributed by atoms with van der Waals surface area (Å²) in [6.45, 7) is 1.36. The molecule has 1 aliphatic carbocycles. The quantitative estimate of drug-likeness (QED) is 0.779. The molecular formula is C22H23NO6. The summed E-state index contributed by atoms with van der Waals surface area (Å²) in [6.07, 6.45) is -0.991. The Bertz CT molecular complexity index is 847. The van der Waals surface area contributed by atoms with Gasteiger partial charge in [0.05, 0.1) is 25.9 Å². The number of amides is 1. The summed E-state index contributed by atoms with van der Waals surface area (Å²) in [7, 11) is 0. The normalized spacial score (nSPS) is 19.1. The van der Waals surface area contributed by atoms with Crippen LogP contribution in [0.3, 0.4) is 0 Å². The van der Waals surface area contributed by atoms with Crippen LogP contribution in [0.25, 0.3) is 11.1 Å². The van der Waals surface area contributed by atoms with Crippen LogP contribution in [0, 0.1) is 0 Å². The van der Waals surface area contributed by atoms with Gasteiger partial charge in [0.25, 0.3) is 0 Å². The van der Waals surface area contributed by atoms with Gasteiger partial charge in [-0.15, -0.1) is 0 Å². The molecule has 2 unspecified atom stereocenters. The molecule has 1 aliphatic heterocycles. The molecular weight excluding hydrogens is 374 g/mol. The van der Waals surface area contributed by atoms with Crippen LogP contribution >= 0.6 is 0 Å². The standard InChI is InChI=1S/C22H23NO6/c24-21(25)20(11-14-12-27-9-10-28-14)23-22(26)29-13-19-17-7-3-1-5-15(17)16-6-2-4-8-18(16)19/h1-8,14,19-20H,9-13H2,(H,23,26)(H,24,25). The molecule has 2 N–H and O–H groups in total. The molecule has 0 saturated carbocycles. The Morgan fingerprint density at radius 3 is 2.31 bits per heavy atom. The van der Waals surface area contributed by atoms with Gasteiger partial charge in [0.2, 0.25) is 0 Å². The van der Waals surface area contributed by atoms with E-state index in [-0.39, 0.29) is 25.0 Å². The Labute approximate surface area is 168 Å². The van der Waals surface area contributed by atoms with Crippen molar-refractivity contribution >= 4 is 12.1 Å². The first-order valence-corrected chi connectivity index (χ1v) is 9.67. The zero-order chi connectivity index (χ0) is 20.2. The molecule has 0 radical (unpaired) electrons. The zero-order valence-electron chi connectivity index (χ0n) is 15.9. The van der Waals surface area contributed by atoms with Crippen LogP contribution in [-0.2, 0) is 19.0 Å². The minimum Gasteiger partial charge on any atom is -0.480 e. The largest absolute Gasteiger partial charge is 0.480 e. The molecule has 1 saturated heterocycles. The third kappa shape index (κ3) is 4.26. The van der Waals surface area contributed by atoms with Crippen molar-refractivity contribution in [1.29, 1.82) is 0 Å². The number of hydrogen-bond acceptors (Lipinski definition) is 5. The number of carbonyl (C=O) groups is 2. The second kappa shape index (κ2) is 8.63. The number of fused-ring (bicyclic) bond motifs is 3. The first kappa shape index (κ1) is 19.4. The Morgan fingerprint density at radius 1 is 1.07 bits per heavy atom. The van der Waals surface area contributed by atoms with Crippen molar-refractivity contribution in [3.05, 3.63) is 59.7 Å². The van der Waals surface area contributed by atoms with E-state index in [9.17, 15) is 14.7 Å². The molecule has 2 atom stereocenters. The molecule has 4 rings (SSSR count). The number of carbonyl (C=O) groups excluding carboxylic acids is 1. The number of carboxylic acid groups (broad SMARTS) is 1. The lowest BCUT2D eigenvalue weighted by molar-refractivity contribution is -0.142. The maximum atomic E-state index is 12.3. The number of aliphatic carboxylic acids is 1. The van der Waals surface area contributed by atoms with E-state index in [0.717, 1.165) is 22.3 Å². The Morgan fingerprint density at radius 2 is 1.72 bits per heavy atom. The lowest BCUT2D eigenvalue weighted by Crippen LogP contribution is -2.45. The Balaban J connectivity index is 1.39. The van der Waals surface area contributed by atoms with E-state index in [0.29, 0.717) is 19.8 Å². The monoisotopic (exact) mass is 397 g/mol. The second-order valence-electron chi connectivity index (χ2n) is 7.16. The zero-order valence-corrected chi connectivity index (χ0v) is 15.9. The summed E-state index contributed by atoms with van der Waals surface area (Å²) >= 11 is 0. The van der Waals surface area contributed by atoms with E-state index in [2.05, 4.69) is 17.4 Å². The average Bonchev–Trinajstić information content (AvgIpc) is 3.06. The lowest BCUT2D eigenvalue weighted by Gasteiger charge is -2.25. The molecule has 7 nitrogen and oxygen atoms in total. The molecule has 2 aromatic rings. The van der Waals surface area contributed by atoms with Crippen molar-refractivity contribution in [3.8, 4) is 11.1 Å². The number of nitrogens with one attached hydrogen (secondary N) is 1. The highest BCUT2D eigenvalue weighted by molar-refractivity contribution is 5.81. The minimum absolute atomic E-state index is 0.0773. The van der Waals surface area contributed by atoms with Gasteiger partial charge in [0.15, 0.2) is 0 Å². The molecule has 0 spiro atoms. The van der Waals surface area contributed by atoms with Gasteiger partial charge < -0.3 is 24.6 Å². The molecule has 1 amide bonds. The fraction of sp³-hybridized carbons (Fsp3) is 0.364. The first-order valence-electron chi connectivity index (χ1n) is 9.67. The van der Waals surface area contributed by atoms with Gasteiger partial charge in [-0.3, -0.25) is 0 Å². The third-order valence-electron chi connectivity index (χ3n) is 5.32. The van der Waals surface area contributed by atoms with Gasteiger partial charge in [0.1, 0.15) is 12.6 Å². The predicted molar refractivity (Wildman–Crippen MR) is 105 cm³/mol. The average molecular weight is 397 g/mol. The van der Waals surface area contributed by atoms with Gasteiger partial charge in [-0.2, -0.15) is 0 Å². The topological polar surface area (TPSA) is 94.1 Å². The summed E-state index contributed by atoms with van der Waals surface area (Å²) in [6, 6.07) is 15.0. The van der Waals surface area contributed by atoms with Crippen LogP contribution < -0.4 is 5.32 Å². The number of benzene rings is 2. The van der Waals surface area contributed by atoms with Gasteiger partial charge in [-0.1, -0.05) is 48.5 Å². The third-order valence-corrected chi connectivity index (χ3v) is 5.32. The molecule has 1 heterocycles. The number of carboxylic acids is 1. The van der Waals surface area contributed by atoms with Crippen LogP contribution in [0.1, 0.15) is 23.5 Å². The van der Waals surface area contributed by atoms with Gasteiger partial charge in [0, 0.05) is 12.3 Å². The second-order valence-corrected chi connectivity index (χ2v) is 7.16. The summed E-state index contributed by atoms with van der Waals surface area (Å²) in [5, 5.41) is 11.9. The number of hydrogen-bond donors (Lipinski definition) is 2. The van der Waals surface area contributed by atoms with E-state index < -0.39 is 18.1 Å². The summed E-state index contributed by atoms with van der Waals surface area (Å²) in [5.41, 5.74) is 4.47. The molecule has 2 aromatic carbocycles. The molecule has 29 heavy (non-hydrogen) atoms. The van der Waals surface area contributed by atoms with Crippen LogP contribution in [0.15, 0.2) is 48.5 Å². The summed E-state index contributed by atoms with van der Waals surface area (Å²) in [5.74, 6) is -1.21. The van der Waals surface area contributed by atoms with E-state index >= 15 is 0 Å². The van der Waals surface area contributed by atoms with Crippen LogP contribution in [-0.4, -0.2) is 55.7 Å². The molecule has 1 fully saturated rings.